The number of rotatable bonds is 6. The number of carboxylic acid groups (broad SMARTS) is 1. The zero-order chi connectivity index (χ0) is 19.4. The summed E-state index contributed by atoms with van der Waals surface area (Å²) in [5.74, 6) is -2.09. The lowest BCUT2D eigenvalue weighted by atomic mass is 10.1. The molecule has 0 atom stereocenters. The van der Waals surface area contributed by atoms with E-state index in [1.54, 1.807) is 6.92 Å². The number of halogens is 1. The van der Waals surface area contributed by atoms with Gasteiger partial charge in [-0.2, -0.15) is 0 Å². The highest BCUT2D eigenvalue weighted by Gasteiger charge is 2.30. The summed E-state index contributed by atoms with van der Waals surface area (Å²) >= 11 is 11.0. The normalized spacial score (nSPS) is 15.9. The molecule has 1 aliphatic heterocycles. The number of benzene rings is 1. The Morgan fingerprint density at radius 3 is 2.69 bits per heavy atom. The lowest BCUT2D eigenvalue weighted by Gasteiger charge is -2.25. The van der Waals surface area contributed by atoms with Crippen LogP contribution >= 0.6 is 23.8 Å². The minimum Gasteiger partial charge on any atom is -0.490 e. The van der Waals surface area contributed by atoms with Gasteiger partial charge in [0, 0.05) is 7.05 Å². The molecule has 1 aliphatic rings. The molecule has 2 rings (SSSR count). The van der Waals surface area contributed by atoms with Gasteiger partial charge in [-0.3, -0.25) is 19.8 Å². The number of hydrogen-bond donors (Lipinski definition) is 2. The number of thiocarbonyl (C=S) groups is 1. The molecule has 8 nitrogen and oxygen atoms in total. The molecule has 0 bridgehead atoms. The van der Waals surface area contributed by atoms with Crippen molar-refractivity contribution in [3.05, 3.63) is 28.3 Å². The minimum absolute atomic E-state index is 0.0163. The van der Waals surface area contributed by atoms with E-state index in [0.29, 0.717) is 5.56 Å². The molecule has 0 aliphatic carbocycles. The Balaban J connectivity index is 2.43. The average molecular weight is 399 g/mol. The highest BCUT2D eigenvalue weighted by atomic mass is 35.5. The number of ether oxygens (including phenoxy) is 2. The summed E-state index contributed by atoms with van der Waals surface area (Å²) < 4.78 is 10.6. The van der Waals surface area contributed by atoms with Gasteiger partial charge in [0.1, 0.15) is 5.57 Å². The lowest BCUT2D eigenvalue weighted by Crippen LogP contribution is -2.52. The molecule has 2 N–H and O–H groups in total. The van der Waals surface area contributed by atoms with Crippen molar-refractivity contribution in [1.82, 2.24) is 10.2 Å². The van der Waals surface area contributed by atoms with Crippen LogP contribution in [0.2, 0.25) is 5.02 Å². The monoisotopic (exact) mass is 398 g/mol. The van der Waals surface area contributed by atoms with Crippen LogP contribution in [0.5, 0.6) is 11.5 Å². The van der Waals surface area contributed by atoms with Crippen LogP contribution in [0.4, 0.5) is 0 Å². The number of carbonyl (C=O) groups is 3. The maximum absolute atomic E-state index is 12.2. The standard InChI is InChI=1S/C16H15ClN2O6S/c1-3-24-11-6-8(5-10(17)13(11)25-7-12(20)21)4-9-14(22)18-16(26)19(2)15(9)23/h4-6H,3,7H2,1-2H3,(H,20,21)(H,18,22,26)/b9-4+. The lowest BCUT2D eigenvalue weighted by molar-refractivity contribution is -0.139. The molecule has 1 aromatic carbocycles. The van der Waals surface area contributed by atoms with Crippen LogP contribution in [-0.2, 0) is 14.4 Å². The van der Waals surface area contributed by atoms with Gasteiger partial charge in [-0.15, -0.1) is 0 Å². The Bertz CT molecular complexity index is 823. The first kappa shape index (κ1) is 19.7. The fraction of sp³-hybridized carbons (Fsp3) is 0.250. The number of aliphatic carboxylic acids is 1. The minimum atomic E-state index is -1.17. The van der Waals surface area contributed by atoms with E-state index in [-0.39, 0.29) is 33.8 Å². The van der Waals surface area contributed by atoms with E-state index >= 15 is 0 Å². The number of likely N-dealkylation sites (N-methyl/N-ethyl adjacent to an activating group) is 1. The third kappa shape index (κ3) is 4.30. The first-order chi connectivity index (χ1) is 12.2. The second-order valence-electron chi connectivity index (χ2n) is 5.13. The van der Waals surface area contributed by atoms with Crippen LogP contribution < -0.4 is 14.8 Å². The van der Waals surface area contributed by atoms with Crippen LogP contribution in [-0.4, -0.2) is 53.2 Å². The summed E-state index contributed by atoms with van der Waals surface area (Å²) in [7, 11) is 1.44. The van der Waals surface area contributed by atoms with E-state index < -0.39 is 24.4 Å². The van der Waals surface area contributed by atoms with Crippen molar-refractivity contribution in [2.75, 3.05) is 20.3 Å². The molecule has 26 heavy (non-hydrogen) atoms. The van der Waals surface area contributed by atoms with Gasteiger partial charge in [-0.25, -0.2) is 4.79 Å². The number of carbonyl (C=O) groups excluding carboxylic acids is 2. The third-order valence-corrected chi connectivity index (χ3v) is 3.94. The molecule has 2 amide bonds. The largest absolute Gasteiger partial charge is 0.490 e. The van der Waals surface area contributed by atoms with Crippen molar-refractivity contribution < 1.29 is 29.0 Å². The summed E-state index contributed by atoms with van der Waals surface area (Å²) in [5, 5.41) is 11.2. The summed E-state index contributed by atoms with van der Waals surface area (Å²) in [5.41, 5.74) is 0.277. The van der Waals surface area contributed by atoms with Crippen molar-refractivity contribution in [3.63, 3.8) is 0 Å². The van der Waals surface area contributed by atoms with Crippen molar-refractivity contribution >= 4 is 52.8 Å². The zero-order valence-electron chi connectivity index (χ0n) is 13.9. The van der Waals surface area contributed by atoms with Gasteiger partial charge in [-0.05, 0) is 42.9 Å². The number of hydrogen-bond acceptors (Lipinski definition) is 6. The van der Waals surface area contributed by atoms with Crippen LogP contribution in [0.1, 0.15) is 12.5 Å². The number of amides is 2. The molecule has 1 heterocycles. The predicted molar refractivity (Wildman–Crippen MR) is 97.2 cm³/mol. The average Bonchev–Trinajstić information content (AvgIpc) is 2.56. The highest BCUT2D eigenvalue weighted by molar-refractivity contribution is 7.80. The Morgan fingerprint density at radius 1 is 1.38 bits per heavy atom. The molecule has 0 radical (unpaired) electrons. The summed E-state index contributed by atoms with van der Waals surface area (Å²) in [4.78, 5) is 36.1. The Morgan fingerprint density at radius 2 is 2.08 bits per heavy atom. The number of carboxylic acids is 1. The summed E-state index contributed by atoms with van der Waals surface area (Å²) in [6.07, 6.45) is 1.34. The smallest absolute Gasteiger partial charge is 0.341 e. The van der Waals surface area contributed by atoms with E-state index in [0.717, 1.165) is 4.90 Å². The van der Waals surface area contributed by atoms with E-state index in [2.05, 4.69) is 5.32 Å². The maximum atomic E-state index is 12.2. The molecular weight excluding hydrogens is 384 g/mol. The maximum Gasteiger partial charge on any atom is 0.341 e. The van der Waals surface area contributed by atoms with Crippen LogP contribution in [0.15, 0.2) is 17.7 Å². The van der Waals surface area contributed by atoms with Gasteiger partial charge in [0.15, 0.2) is 23.2 Å². The Hall–Kier alpha value is -2.65. The number of nitrogens with zero attached hydrogens (tertiary/aromatic N) is 1. The van der Waals surface area contributed by atoms with Crippen LogP contribution in [0.3, 0.4) is 0 Å². The van der Waals surface area contributed by atoms with Gasteiger partial charge >= 0.3 is 5.97 Å². The highest BCUT2D eigenvalue weighted by Crippen LogP contribution is 2.37. The molecular formula is C16H15ClN2O6S. The fourth-order valence-electron chi connectivity index (χ4n) is 2.12. The molecule has 10 heteroatoms. The predicted octanol–water partition coefficient (Wildman–Crippen LogP) is 1.46. The van der Waals surface area contributed by atoms with E-state index in [1.807, 2.05) is 0 Å². The van der Waals surface area contributed by atoms with Gasteiger partial charge in [0.05, 0.1) is 11.6 Å². The Kier molecular flexibility index (Phi) is 6.17. The van der Waals surface area contributed by atoms with E-state index in [1.165, 1.54) is 25.3 Å². The van der Waals surface area contributed by atoms with Gasteiger partial charge in [-0.1, -0.05) is 11.6 Å². The molecule has 0 spiro atoms. The molecule has 1 aromatic rings. The van der Waals surface area contributed by atoms with Crippen LogP contribution in [0, 0.1) is 0 Å². The zero-order valence-corrected chi connectivity index (χ0v) is 15.4. The van der Waals surface area contributed by atoms with Gasteiger partial charge in [0.25, 0.3) is 11.8 Å². The summed E-state index contributed by atoms with van der Waals surface area (Å²) in [6, 6.07) is 2.93. The number of nitrogens with one attached hydrogen (secondary N) is 1. The SMILES string of the molecule is CCOc1cc(/C=C2\C(=O)NC(=S)N(C)C2=O)cc(Cl)c1OCC(=O)O. The van der Waals surface area contributed by atoms with Gasteiger partial charge in [0.2, 0.25) is 0 Å². The molecule has 0 unspecified atom stereocenters. The quantitative estimate of drug-likeness (QED) is 0.424. The molecule has 138 valence electrons. The Labute approximate surface area is 159 Å². The van der Waals surface area contributed by atoms with E-state index in [9.17, 15) is 14.4 Å². The van der Waals surface area contributed by atoms with Crippen molar-refractivity contribution in [2.24, 2.45) is 0 Å². The van der Waals surface area contributed by atoms with Crippen molar-refractivity contribution in [3.8, 4) is 11.5 Å². The molecule has 1 saturated heterocycles. The van der Waals surface area contributed by atoms with Crippen molar-refractivity contribution in [2.45, 2.75) is 6.92 Å². The molecule has 0 saturated carbocycles. The first-order valence-corrected chi connectivity index (χ1v) is 8.19. The second kappa shape index (κ2) is 8.15. The molecule has 1 fully saturated rings. The van der Waals surface area contributed by atoms with Gasteiger partial charge < -0.3 is 14.6 Å². The fourth-order valence-corrected chi connectivity index (χ4v) is 2.57. The van der Waals surface area contributed by atoms with Crippen molar-refractivity contribution in [1.29, 1.82) is 0 Å². The first-order valence-electron chi connectivity index (χ1n) is 7.40. The second-order valence-corrected chi connectivity index (χ2v) is 5.92. The summed E-state index contributed by atoms with van der Waals surface area (Å²) in [6.45, 7) is 1.41. The topological polar surface area (TPSA) is 105 Å². The van der Waals surface area contributed by atoms with Crippen LogP contribution in [0.25, 0.3) is 6.08 Å². The molecule has 0 aromatic heterocycles. The third-order valence-electron chi connectivity index (χ3n) is 3.29. The van der Waals surface area contributed by atoms with E-state index in [4.69, 9.17) is 38.4 Å².